The lowest BCUT2D eigenvalue weighted by Crippen LogP contribution is -2.56. The highest BCUT2D eigenvalue weighted by Crippen LogP contribution is 2.26. The summed E-state index contributed by atoms with van der Waals surface area (Å²) in [5, 5.41) is 12.2. The molecule has 13 nitrogen and oxygen atoms in total. The van der Waals surface area contributed by atoms with E-state index < -0.39 is 24.0 Å². The number of rotatable bonds is 13. The number of aliphatic carboxylic acids is 1. The molecule has 48 heavy (non-hydrogen) atoms. The average molecular weight is 664 g/mol. The molecule has 3 amide bonds. The molecule has 2 aromatic rings. The van der Waals surface area contributed by atoms with Gasteiger partial charge in [0.2, 0.25) is 5.91 Å². The van der Waals surface area contributed by atoms with Crippen LogP contribution < -0.4 is 10.2 Å². The summed E-state index contributed by atoms with van der Waals surface area (Å²) in [5.41, 5.74) is 0.880. The van der Waals surface area contributed by atoms with Gasteiger partial charge in [0.1, 0.15) is 17.6 Å². The smallest absolute Gasteiger partial charge is 0.409 e. The van der Waals surface area contributed by atoms with Crippen LogP contribution in [0.25, 0.3) is 11.4 Å². The summed E-state index contributed by atoms with van der Waals surface area (Å²) in [6.45, 7) is 7.48. The molecule has 1 aromatic carbocycles. The molecule has 0 unspecified atom stereocenters. The molecular weight excluding hydrogens is 614 g/mol. The van der Waals surface area contributed by atoms with Crippen molar-refractivity contribution in [3.05, 3.63) is 42.1 Å². The van der Waals surface area contributed by atoms with Crippen molar-refractivity contribution in [2.75, 3.05) is 63.9 Å². The number of carbonyl (C=O) groups is 4. The van der Waals surface area contributed by atoms with Crippen molar-refractivity contribution in [1.82, 2.24) is 30.0 Å². The Bertz CT molecular complexity index is 1390. The number of piperidine rings is 1. The predicted octanol–water partition coefficient (Wildman–Crippen LogP) is 3.64. The maximum atomic E-state index is 13.8. The minimum Gasteiger partial charge on any atom is -0.481 e. The fourth-order valence-corrected chi connectivity index (χ4v) is 6.69. The van der Waals surface area contributed by atoms with E-state index in [-0.39, 0.29) is 37.5 Å². The number of unbranched alkanes of at least 4 members (excludes halogenated alkanes) is 2. The second-order valence-electron chi connectivity index (χ2n) is 12.9. The summed E-state index contributed by atoms with van der Waals surface area (Å²) in [4.78, 5) is 68.8. The number of aromatic nitrogens is 2. The van der Waals surface area contributed by atoms with Crippen molar-refractivity contribution in [2.45, 2.75) is 76.8 Å². The van der Waals surface area contributed by atoms with Gasteiger partial charge in [-0.05, 0) is 51.6 Å². The maximum absolute atomic E-state index is 13.8. The van der Waals surface area contributed by atoms with E-state index in [1.54, 1.807) is 15.9 Å². The maximum Gasteiger partial charge on any atom is 0.409 e. The van der Waals surface area contributed by atoms with Crippen molar-refractivity contribution >= 4 is 29.7 Å². The van der Waals surface area contributed by atoms with Gasteiger partial charge in [0.15, 0.2) is 5.82 Å². The number of carboxylic acids is 1. The Labute approximate surface area is 282 Å². The zero-order valence-corrected chi connectivity index (χ0v) is 28.0. The van der Waals surface area contributed by atoms with Gasteiger partial charge < -0.3 is 34.8 Å². The monoisotopic (exact) mass is 663 g/mol. The van der Waals surface area contributed by atoms with Gasteiger partial charge in [-0.15, -0.1) is 0 Å². The Balaban J connectivity index is 1.28. The predicted molar refractivity (Wildman–Crippen MR) is 181 cm³/mol. The fraction of sp³-hybridized carbons (Fsp3) is 0.600. The van der Waals surface area contributed by atoms with Crippen LogP contribution >= 0.6 is 0 Å². The molecule has 0 bridgehead atoms. The number of anilines is 1. The Morgan fingerprint density at radius 3 is 2.27 bits per heavy atom. The molecule has 3 fully saturated rings. The third kappa shape index (κ3) is 9.42. The molecule has 0 radical (unpaired) electrons. The number of piperazine rings is 1. The lowest BCUT2D eigenvalue weighted by atomic mass is 10.0. The number of amides is 3. The number of carboxylic acid groups (broad SMARTS) is 1. The van der Waals surface area contributed by atoms with Crippen molar-refractivity contribution in [3.8, 4) is 11.4 Å². The van der Waals surface area contributed by atoms with Gasteiger partial charge in [-0.2, -0.15) is 0 Å². The van der Waals surface area contributed by atoms with E-state index in [1.807, 2.05) is 30.3 Å². The first-order valence-corrected chi connectivity index (χ1v) is 17.5. The second-order valence-corrected chi connectivity index (χ2v) is 12.9. The van der Waals surface area contributed by atoms with Gasteiger partial charge in [0.05, 0.1) is 6.61 Å². The first-order valence-electron chi connectivity index (χ1n) is 17.5. The fourth-order valence-electron chi connectivity index (χ4n) is 6.69. The number of carbonyl (C=O) groups excluding carboxylic acids is 3. The average Bonchev–Trinajstić information content (AvgIpc) is 3.67. The number of hydrogen-bond donors (Lipinski definition) is 2. The van der Waals surface area contributed by atoms with E-state index in [9.17, 15) is 24.3 Å². The number of nitrogens with one attached hydrogen (secondary N) is 1. The lowest BCUT2D eigenvalue weighted by molar-refractivity contribution is -0.138. The van der Waals surface area contributed by atoms with Crippen LogP contribution in [0.1, 0.15) is 75.2 Å². The molecule has 3 saturated heterocycles. The van der Waals surface area contributed by atoms with Gasteiger partial charge in [-0.1, -0.05) is 50.1 Å². The number of benzene rings is 1. The summed E-state index contributed by atoms with van der Waals surface area (Å²) in [6.07, 6.45) is 6.60. The number of likely N-dealkylation sites (tertiary alicyclic amines) is 1. The number of ether oxygens (including phenoxy) is 1. The molecule has 13 heteroatoms. The van der Waals surface area contributed by atoms with Crippen molar-refractivity contribution < 1.29 is 29.0 Å². The Morgan fingerprint density at radius 2 is 1.60 bits per heavy atom. The summed E-state index contributed by atoms with van der Waals surface area (Å²) < 4.78 is 5.36. The lowest BCUT2D eigenvalue weighted by Gasteiger charge is -2.37. The van der Waals surface area contributed by atoms with Gasteiger partial charge in [0.25, 0.3) is 5.91 Å². The number of hydrogen-bond acceptors (Lipinski definition) is 9. The zero-order valence-electron chi connectivity index (χ0n) is 28.0. The van der Waals surface area contributed by atoms with E-state index in [0.717, 1.165) is 63.8 Å². The SMILES string of the molecule is CCCCCOC(=O)N1CCN(C(=O)[C@H](CCC(=O)O)NC(=O)c2cc(N3CCC(N4CCCC4)CC3)nc(-c3ccccc3)n2)CC1. The normalized spacial score (nSPS) is 18.1. The molecule has 260 valence electrons. The van der Waals surface area contributed by atoms with E-state index in [0.29, 0.717) is 37.4 Å². The largest absolute Gasteiger partial charge is 0.481 e. The van der Waals surface area contributed by atoms with Crippen molar-refractivity contribution in [1.29, 1.82) is 0 Å². The molecule has 3 aliphatic rings. The minimum absolute atomic E-state index is 0.0763. The Morgan fingerprint density at radius 1 is 0.917 bits per heavy atom. The first kappa shape index (κ1) is 35.1. The van der Waals surface area contributed by atoms with Crippen LogP contribution in [-0.2, 0) is 14.3 Å². The van der Waals surface area contributed by atoms with Crippen LogP contribution in [0.4, 0.5) is 10.6 Å². The summed E-state index contributed by atoms with van der Waals surface area (Å²) in [7, 11) is 0. The van der Waals surface area contributed by atoms with Crippen LogP contribution in [0.2, 0.25) is 0 Å². The molecule has 0 saturated carbocycles. The van der Waals surface area contributed by atoms with Gasteiger partial charge in [-0.25, -0.2) is 14.8 Å². The Hall–Kier alpha value is -4.26. The highest BCUT2D eigenvalue weighted by Gasteiger charge is 2.32. The van der Waals surface area contributed by atoms with Crippen LogP contribution in [0.3, 0.4) is 0 Å². The van der Waals surface area contributed by atoms with E-state index >= 15 is 0 Å². The number of nitrogens with zero attached hydrogens (tertiary/aromatic N) is 6. The van der Waals surface area contributed by atoms with Gasteiger partial charge in [-0.3, -0.25) is 14.4 Å². The highest BCUT2D eigenvalue weighted by atomic mass is 16.6. The molecule has 1 atom stereocenters. The second kappa shape index (κ2) is 17.2. The summed E-state index contributed by atoms with van der Waals surface area (Å²) >= 11 is 0. The minimum atomic E-state index is -1.07. The molecule has 3 aliphatic heterocycles. The van der Waals surface area contributed by atoms with Gasteiger partial charge >= 0.3 is 12.1 Å². The molecule has 1 aromatic heterocycles. The molecule has 2 N–H and O–H groups in total. The van der Waals surface area contributed by atoms with Crippen LogP contribution in [0.5, 0.6) is 0 Å². The van der Waals surface area contributed by atoms with Crippen LogP contribution in [0.15, 0.2) is 36.4 Å². The molecule has 4 heterocycles. The Kier molecular flexibility index (Phi) is 12.6. The van der Waals surface area contributed by atoms with Crippen molar-refractivity contribution in [2.24, 2.45) is 0 Å². The molecular formula is C35H49N7O6. The van der Waals surface area contributed by atoms with Crippen molar-refractivity contribution in [3.63, 3.8) is 0 Å². The topological polar surface area (TPSA) is 149 Å². The molecule has 0 aliphatic carbocycles. The molecule has 5 rings (SSSR count). The van der Waals surface area contributed by atoms with E-state index in [4.69, 9.17) is 9.72 Å². The van der Waals surface area contributed by atoms with E-state index in [2.05, 4.69) is 27.0 Å². The summed E-state index contributed by atoms with van der Waals surface area (Å²) in [5.74, 6) is -0.959. The standard InChI is InChI=1S/C35H49N7O6/c1-2-3-9-24-48-35(47)42-22-20-41(21-23-42)34(46)28(12-13-31(43)44)37-33(45)29-25-30(38-32(36-29)26-10-5-4-6-11-26)40-18-14-27(15-19-40)39-16-7-8-17-39/h4-6,10-11,25,27-28H,2-3,7-9,12-24H2,1H3,(H,37,45)(H,43,44)/t28-/m0/s1. The van der Waals surface area contributed by atoms with Gasteiger partial charge in [0, 0.05) is 63.4 Å². The van der Waals surface area contributed by atoms with Crippen LogP contribution in [0, 0.1) is 0 Å². The first-order chi connectivity index (χ1) is 23.3. The zero-order chi connectivity index (χ0) is 33.9. The van der Waals surface area contributed by atoms with E-state index in [1.165, 1.54) is 12.8 Å². The highest BCUT2D eigenvalue weighted by molar-refractivity contribution is 5.97. The third-order valence-corrected chi connectivity index (χ3v) is 9.50. The molecule has 0 spiro atoms. The quantitative estimate of drug-likeness (QED) is 0.304. The third-order valence-electron chi connectivity index (χ3n) is 9.50. The van der Waals surface area contributed by atoms with Crippen LogP contribution in [-0.4, -0.2) is 125 Å². The summed E-state index contributed by atoms with van der Waals surface area (Å²) in [6, 6.07) is 10.6.